The third kappa shape index (κ3) is 3.96. The molecule has 11 heteroatoms. The number of fused-ring (bicyclic) bond motifs is 1. The molecular formula is C23H19BClF2N3O4. The highest BCUT2D eigenvalue weighted by Crippen LogP contribution is 2.35. The number of piperidine rings is 1. The van der Waals surface area contributed by atoms with Crippen LogP contribution in [0.5, 0.6) is 0 Å². The van der Waals surface area contributed by atoms with Crippen molar-refractivity contribution >= 4 is 43.1 Å². The molecule has 0 bridgehead atoms. The number of hydrogen-bond acceptors (Lipinski definition) is 4. The van der Waals surface area contributed by atoms with E-state index in [1.54, 1.807) is 6.07 Å². The van der Waals surface area contributed by atoms with Crippen LogP contribution in [0, 0.1) is 6.92 Å². The van der Waals surface area contributed by atoms with Crippen LogP contribution in [-0.2, 0) is 33.4 Å². The van der Waals surface area contributed by atoms with E-state index in [1.807, 2.05) is 0 Å². The van der Waals surface area contributed by atoms with Crippen molar-refractivity contribution in [2.75, 3.05) is 0 Å². The van der Waals surface area contributed by atoms with Gasteiger partial charge in [0.15, 0.2) is 0 Å². The lowest BCUT2D eigenvalue weighted by molar-refractivity contribution is -0.147. The lowest BCUT2D eigenvalue weighted by Crippen LogP contribution is -2.63. The fraction of sp³-hybridized carbons (Fsp3) is 0.304. The van der Waals surface area contributed by atoms with Gasteiger partial charge in [-0.3, -0.25) is 24.5 Å². The van der Waals surface area contributed by atoms with Crippen LogP contribution < -0.4 is 10.6 Å². The molecule has 2 aliphatic heterocycles. The maximum atomic E-state index is 14.7. The van der Waals surface area contributed by atoms with Crippen LogP contribution in [0.4, 0.5) is 8.78 Å². The van der Waals surface area contributed by atoms with Gasteiger partial charge >= 0.3 is 5.92 Å². The molecule has 1 fully saturated rings. The zero-order chi connectivity index (χ0) is 24.8. The third-order valence-electron chi connectivity index (χ3n) is 6.18. The molecule has 174 valence electrons. The highest BCUT2D eigenvalue weighted by Gasteiger charge is 2.48. The molecule has 1 saturated heterocycles. The fourth-order valence-electron chi connectivity index (χ4n) is 4.14. The number of halogens is 3. The summed E-state index contributed by atoms with van der Waals surface area (Å²) in [4.78, 5) is 50.1. The first-order valence-electron chi connectivity index (χ1n) is 10.4. The summed E-state index contributed by atoms with van der Waals surface area (Å²) in [6.45, 7) is 1.21. The lowest BCUT2D eigenvalue weighted by Gasteiger charge is -2.40. The summed E-state index contributed by atoms with van der Waals surface area (Å²) >= 11 is 5.91. The molecular weight excluding hydrogens is 467 g/mol. The van der Waals surface area contributed by atoms with Gasteiger partial charge in [0.05, 0.1) is 5.44 Å². The lowest BCUT2D eigenvalue weighted by atomic mass is 9.70. The average molecular weight is 486 g/mol. The molecule has 4 rings (SSSR count). The Bertz CT molecular complexity index is 1240. The Balaban J connectivity index is 1.48. The predicted molar refractivity (Wildman–Crippen MR) is 119 cm³/mol. The Morgan fingerprint density at radius 3 is 2.71 bits per heavy atom. The maximum Gasteiger partial charge on any atom is 0.350 e. The molecule has 1 atom stereocenters. The SMILES string of the molecule is [B][C@]1(N2Cc3cc(CNC(=O)C(F)(F)c4cccc(Cl)c4C)ccc3C2=O)CCC(=O)NC1=O. The summed E-state index contributed by atoms with van der Waals surface area (Å²) in [6.07, 6.45) is -0.0156. The van der Waals surface area contributed by atoms with Crippen molar-refractivity contribution in [3.63, 3.8) is 0 Å². The Labute approximate surface area is 200 Å². The largest absolute Gasteiger partial charge is 0.350 e. The highest BCUT2D eigenvalue weighted by molar-refractivity contribution is 6.32. The normalized spacial score (nSPS) is 20.2. The van der Waals surface area contributed by atoms with Crippen molar-refractivity contribution in [1.29, 1.82) is 0 Å². The number of nitrogens with one attached hydrogen (secondary N) is 2. The van der Waals surface area contributed by atoms with Gasteiger partial charge < -0.3 is 10.2 Å². The van der Waals surface area contributed by atoms with E-state index in [9.17, 15) is 28.0 Å². The minimum Gasteiger partial charge on any atom is -0.346 e. The second-order valence-corrected chi connectivity index (χ2v) is 8.76. The van der Waals surface area contributed by atoms with E-state index in [0.717, 1.165) is 6.07 Å². The van der Waals surface area contributed by atoms with Gasteiger partial charge in [-0.05, 0) is 42.2 Å². The number of carbonyl (C=O) groups excluding carboxylic acids is 4. The second kappa shape index (κ2) is 8.50. The molecule has 2 radical (unpaired) electrons. The smallest absolute Gasteiger partial charge is 0.346 e. The van der Waals surface area contributed by atoms with E-state index in [1.165, 1.54) is 36.1 Å². The van der Waals surface area contributed by atoms with Crippen LogP contribution in [0.25, 0.3) is 0 Å². The molecule has 7 nitrogen and oxygen atoms in total. The van der Waals surface area contributed by atoms with E-state index in [-0.39, 0.29) is 36.5 Å². The van der Waals surface area contributed by atoms with Gasteiger partial charge in [-0.25, -0.2) is 0 Å². The molecule has 2 aromatic carbocycles. The average Bonchev–Trinajstić information content (AvgIpc) is 3.13. The van der Waals surface area contributed by atoms with Gasteiger partial charge in [-0.15, -0.1) is 0 Å². The summed E-state index contributed by atoms with van der Waals surface area (Å²) in [5.74, 6) is -6.97. The summed E-state index contributed by atoms with van der Waals surface area (Å²) < 4.78 is 29.5. The molecule has 2 N–H and O–H groups in total. The third-order valence-corrected chi connectivity index (χ3v) is 6.59. The number of amides is 4. The van der Waals surface area contributed by atoms with Crippen molar-refractivity contribution < 1.29 is 28.0 Å². The van der Waals surface area contributed by atoms with E-state index >= 15 is 0 Å². The minimum atomic E-state index is -3.80. The second-order valence-electron chi connectivity index (χ2n) is 8.35. The van der Waals surface area contributed by atoms with Gasteiger partial charge in [0.2, 0.25) is 11.8 Å². The van der Waals surface area contributed by atoms with Crippen LogP contribution >= 0.6 is 11.6 Å². The number of imide groups is 1. The minimum absolute atomic E-state index is 0.0000406. The quantitative estimate of drug-likeness (QED) is 0.502. The van der Waals surface area contributed by atoms with Crippen LogP contribution in [0.2, 0.25) is 5.02 Å². The van der Waals surface area contributed by atoms with Crippen LogP contribution in [0.3, 0.4) is 0 Å². The van der Waals surface area contributed by atoms with Crippen molar-refractivity contribution in [1.82, 2.24) is 15.5 Å². The first kappa shape index (κ1) is 23.9. The molecule has 0 aromatic heterocycles. The van der Waals surface area contributed by atoms with Gasteiger partial charge in [0, 0.05) is 35.7 Å². The number of alkyl halides is 2. The van der Waals surface area contributed by atoms with E-state index in [0.29, 0.717) is 16.7 Å². The molecule has 0 saturated carbocycles. The topological polar surface area (TPSA) is 95.6 Å². The number of hydrogen-bond donors (Lipinski definition) is 2. The summed E-state index contributed by atoms with van der Waals surface area (Å²) in [7, 11) is 6.19. The van der Waals surface area contributed by atoms with Crippen molar-refractivity contribution in [3.8, 4) is 0 Å². The molecule has 2 aliphatic rings. The Morgan fingerprint density at radius 1 is 1.26 bits per heavy atom. The highest BCUT2D eigenvalue weighted by atomic mass is 35.5. The van der Waals surface area contributed by atoms with Crippen molar-refractivity contribution in [2.45, 2.75) is 44.2 Å². The molecule has 0 spiro atoms. The molecule has 0 unspecified atom stereocenters. The van der Waals surface area contributed by atoms with Crippen molar-refractivity contribution in [2.24, 2.45) is 0 Å². The molecule has 2 heterocycles. The van der Waals surface area contributed by atoms with Crippen LogP contribution in [0.1, 0.15) is 45.5 Å². The van der Waals surface area contributed by atoms with Crippen LogP contribution in [0.15, 0.2) is 36.4 Å². The zero-order valence-corrected chi connectivity index (χ0v) is 18.8. The van der Waals surface area contributed by atoms with Gasteiger partial charge in [-0.1, -0.05) is 35.9 Å². The first-order valence-corrected chi connectivity index (χ1v) is 10.8. The number of benzene rings is 2. The Kier molecular flexibility index (Phi) is 5.97. The first-order chi connectivity index (χ1) is 15.9. The maximum absolute atomic E-state index is 14.7. The molecule has 4 amide bonds. The molecule has 0 aliphatic carbocycles. The summed E-state index contributed by atoms with van der Waals surface area (Å²) in [6, 6.07) is 8.57. The molecule has 2 aromatic rings. The van der Waals surface area contributed by atoms with E-state index in [2.05, 4.69) is 10.6 Å². The summed E-state index contributed by atoms with van der Waals surface area (Å²) in [5.41, 5.74) is -0.715. The summed E-state index contributed by atoms with van der Waals surface area (Å²) in [5, 5.41) is 4.50. The number of carbonyl (C=O) groups is 4. The Morgan fingerprint density at radius 2 is 2.00 bits per heavy atom. The van der Waals surface area contributed by atoms with E-state index in [4.69, 9.17) is 19.4 Å². The van der Waals surface area contributed by atoms with Gasteiger partial charge in [-0.2, -0.15) is 8.78 Å². The standard InChI is InChI=1S/C23H19BClF2N3O4/c1-12-16(3-2-4-17(12)25)23(26,27)21(34)28-10-13-5-6-15-14(9-13)11-30(19(15)32)22(24)8-7-18(31)29-20(22)33/h2-6,9H,7-8,10-11H2,1H3,(H,28,34)(H,29,31,33)/t22-/m0/s1. The number of rotatable bonds is 5. The predicted octanol–water partition coefficient (Wildman–Crippen LogP) is 2.31. The van der Waals surface area contributed by atoms with E-state index < -0.39 is 40.6 Å². The number of nitrogens with zero attached hydrogens (tertiary/aromatic N) is 1. The van der Waals surface area contributed by atoms with Gasteiger partial charge in [0.25, 0.3) is 11.8 Å². The van der Waals surface area contributed by atoms with Gasteiger partial charge in [0.1, 0.15) is 7.85 Å². The van der Waals surface area contributed by atoms with Crippen LogP contribution in [-0.4, -0.2) is 41.8 Å². The fourth-order valence-corrected chi connectivity index (χ4v) is 4.32. The zero-order valence-electron chi connectivity index (χ0n) is 18.1. The monoisotopic (exact) mass is 485 g/mol. The van der Waals surface area contributed by atoms with Crippen molar-refractivity contribution in [3.05, 3.63) is 69.2 Å². The molecule has 34 heavy (non-hydrogen) atoms. The Hall–Kier alpha value is -3.27.